The minimum atomic E-state index is -0.262. The fourth-order valence-electron chi connectivity index (χ4n) is 3.71. The van der Waals surface area contributed by atoms with Crippen molar-refractivity contribution < 1.29 is 4.39 Å². The minimum absolute atomic E-state index is 0.262. The van der Waals surface area contributed by atoms with Crippen molar-refractivity contribution in [1.82, 2.24) is 29.9 Å². The predicted octanol–water partition coefficient (Wildman–Crippen LogP) is 2.59. The van der Waals surface area contributed by atoms with Crippen LogP contribution in [-0.4, -0.2) is 56.1 Å². The van der Waals surface area contributed by atoms with Crippen molar-refractivity contribution in [3.8, 4) is 11.3 Å². The Kier molecular flexibility index (Phi) is 4.30. The van der Waals surface area contributed by atoms with Crippen molar-refractivity contribution >= 4 is 22.7 Å². The number of anilines is 2. The molecule has 0 atom stereocenters. The van der Waals surface area contributed by atoms with Crippen LogP contribution in [0.15, 0.2) is 42.6 Å². The molecule has 0 unspecified atom stereocenters. The minimum Gasteiger partial charge on any atom is -0.352 e. The van der Waals surface area contributed by atoms with Gasteiger partial charge in [0.2, 0.25) is 0 Å². The lowest BCUT2D eigenvalue weighted by atomic mass is 10.1. The molecule has 1 fully saturated rings. The standard InChI is InChI=1S/C21H21FN8/c1-13-24-20(17-10-23-29(3)21(17)25-13)28(2)16-11-30(12-16)19-9-8-18(26-27-19)14-4-6-15(22)7-5-14/h4-10,16H,11-12H2,1-3H3. The molecule has 1 saturated heterocycles. The van der Waals surface area contributed by atoms with Crippen molar-refractivity contribution in [3.05, 3.63) is 54.2 Å². The highest BCUT2D eigenvalue weighted by molar-refractivity contribution is 5.87. The van der Waals surface area contributed by atoms with Crippen molar-refractivity contribution in [2.24, 2.45) is 7.05 Å². The van der Waals surface area contributed by atoms with Crippen LogP contribution in [0.5, 0.6) is 0 Å². The molecule has 0 aliphatic carbocycles. The summed E-state index contributed by atoms with van der Waals surface area (Å²) in [5, 5.41) is 13.9. The molecule has 152 valence electrons. The Labute approximate surface area is 173 Å². The average Bonchev–Trinajstić information content (AvgIpc) is 3.08. The van der Waals surface area contributed by atoms with Crippen molar-refractivity contribution in [3.63, 3.8) is 0 Å². The van der Waals surface area contributed by atoms with Crippen molar-refractivity contribution in [1.29, 1.82) is 0 Å². The molecule has 0 bridgehead atoms. The van der Waals surface area contributed by atoms with Gasteiger partial charge < -0.3 is 9.80 Å². The Morgan fingerprint density at radius 1 is 1.03 bits per heavy atom. The number of aromatic nitrogens is 6. The first kappa shape index (κ1) is 18.4. The summed E-state index contributed by atoms with van der Waals surface area (Å²) in [5.41, 5.74) is 2.41. The van der Waals surface area contributed by atoms with Gasteiger partial charge >= 0.3 is 0 Å². The van der Waals surface area contributed by atoms with E-state index in [2.05, 4.69) is 42.1 Å². The summed E-state index contributed by atoms with van der Waals surface area (Å²) in [7, 11) is 3.94. The lowest BCUT2D eigenvalue weighted by Crippen LogP contribution is -2.59. The average molecular weight is 404 g/mol. The number of aryl methyl sites for hydroxylation is 2. The van der Waals surface area contributed by atoms with Gasteiger partial charge in [0.25, 0.3) is 0 Å². The van der Waals surface area contributed by atoms with Crippen molar-refractivity contribution in [2.45, 2.75) is 13.0 Å². The van der Waals surface area contributed by atoms with Crippen LogP contribution in [0.1, 0.15) is 5.82 Å². The topological polar surface area (TPSA) is 75.9 Å². The van der Waals surface area contributed by atoms with Gasteiger partial charge in [0, 0.05) is 32.7 Å². The molecular weight excluding hydrogens is 383 g/mol. The summed E-state index contributed by atoms with van der Waals surface area (Å²) in [4.78, 5) is 13.5. The number of benzene rings is 1. The van der Waals surface area contributed by atoms with Crippen LogP contribution in [0, 0.1) is 12.7 Å². The van der Waals surface area contributed by atoms with Crippen LogP contribution >= 0.6 is 0 Å². The molecule has 0 N–H and O–H groups in total. The van der Waals surface area contributed by atoms with E-state index in [0.29, 0.717) is 6.04 Å². The van der Waals surface area contributed by atoms with Gasteiger partial charge in [-0.05, 0) is 43.3 Å². The second-order valence-corrected chi connectivity index (χ2v) is 7.55. The molecule has 4 heterocycles. The second kappa shape index (κ2) is 7.01. The Balaban J connectivity index is 1.30. The van der Waals surface area contributed by atoms with E-state index in [9.17, 15) is 4.39 Å². The van der Waals surface area contributed by atoms with E-state index in [4.69, 9.17) is 0 Å². The molecule has 0 saturated carbocycles. The van der Waals surface area contributed by atoms with Gasteiger partial charge in [-0.1, -0.05) is 0 Å². The van der Waals surface area contributed by atoms with Gasteiger partial charge in [0.15, 0.2) is 11.5 Å². The van der Waals surface area contributed by atoms with E-state index in [0.717, 1.165) is 52.8 Å². The van der Waals surface area contributed by atoms with Gasteiger partial charge in [-0.3, -0.25) is 4.68 Å². The monoisotopic (exact) mass is 404 g/mol. The van der Waals surface area contributed by atoms with E-state index in [1.54, 1.807) is 16.8 Å². The van der Waals surface area contributed by atoms with E-state index in [-0.39, 0.29) is 5.82 Å². The smallest absolute Gasteiger partial charge is 0.163 e. The quantitative estimate of drug-likeness (QED) is 0.517. The Morgan fingerprint density at radius 2 is 1.80 bits per heavy atom. The molecule has 0 radical (unpaired) electrons. The zero-order chi connectivity index (χ0) is 20.8. The molecule has 9 heteroatoms. The molecule has 1 aliphatic heterocycles. The van der Waals surface area contributed by atoms with Gasteiger partial charge in [-0.2, -0.15) is 5.10 Å². The van der Waals surface area contributed by atoms with E-state index in [1.165, 1.54) is 12.1 Å². The maximum Gasteiger partial charge on any atom is 0.163 e. The highest BCUT2D eigenvalue weighted by Gasteiger charge is 2.33. The molecule has 5 rings (SSSR count). The lowest BCUT2D eigenvalue weighted by Gasteiger charge is -2.45. The SMILES string of the molecule is Cc1nc(N(C)C2CN(c3ccc(-c4ccc(F)cc4)nn3)C2)c2cnn(C)c2n1. The fraction of sp³-hybridized carbons (Fsp3) is 0.286. The zero-order valence-corrected chi connectivity index (χ0v) is 17.0. The Bertz CT molecular complexity index is 1200. The third-order valence-corrected chi connectivity index (χ3v) is 5.54. The number of fused-ring (bicyclic) bond motifs is 1. The first-order valence-corrected chi connectivity index (χ1v) is 9.73. The largest absolute Gasteiger partial charge is 0.352 e. The van der Waals surface area contributed by atoms with E-state index in [1.807, 2.05) is 32.3 Å². The third-order valence-electron chi connectivity index (χ3n) is 5.54. The number of hydrogen-bond donors (Lipinski definition) is 0. The number of halogens is 1. The molecule has 0 spiro atoms. The maximum atomic E-state index is 13.1. The molecule has 30 heavy (non-hydrogen) atoms. The van der Waals surface area contributed by atoms with Crippen LogP contribution in [0.4, 0.5) is 16.0 Å². The Morgan fingerprint density at radius 3 is 2.50 bits per heavy atom. The summed E-state index contributed by atoms with van der Waals surface area (Å²) in [5.74, 6) is 2.19. The summed E-state index contributed by atoms with van der Waals surface area (Å²) in [6.07, 6.45) is 1.82. The Hall–Kier alpha value is -3.62. The number of hydrogen-bond acceptors (Lipinski definition) is 7. The van der Waals surface area contributed by atoms with Crippen LogP contribution in [0.2, 0.25) is 0 Å². The summed E-state index contributed by atoms with van der Waals surface area (Å²) < 4.78 is 14.9. The van der Waals surface area contributed by atoms with Gasteiger partial charge in [0.1, 0.15) is 17.5 Å². The summed E-state index contributed by atoms with van der Waals surface area (Å²) in [6, 6.07) is 10.4. The number of likely N-dealkylation sites (N-methyl/N-ethyl adjacent to an activating group) is 1. The van der Waals surface area contributed by atoms with Gasteiger partial charge in [0.05, 0.1) is 23.3 Å². The lowest BCUT2D eigenvalue weighted by molar-refractivity contribution is 0.488. The van der Waals surface area contributed by atoms with Gasteiger partial charge in [-0.25, -0.2) is 14.4 Å². The first-order chi connectivity index (χ1) is 14.5. The van der Waals surface area contributed by atoms with Crippen LogP contribution in [0.25, 0.3) is 22.3 Å². The van der Waals surface area contributed by atoms with Gasteiger partial charge in [-0.15, -0.1) is 10.2 Å². The highest BCUT2D eigenvalue weighted by Crippen LogP contribution is 2.29. The third kappa shape index (κ3) is 3.12. The zero-order valence-electron chi connectivity index (χ0n) is 17.0. The maximum absolute atomic E-state index is 13.1. The highest BCUT2D eigenvalue weighted by atomic mass is 19.1. The van der Waals surface area contributed by atoms with E-state index >= 15 is 0 Å². The number of nitrogens with zero attached hydrogens (tertiary/aromatic N) is 8. The second-order valence-electron chi connectivity index (χ2n) is 7.55. The molecule has 8 nitrogen and oxygen atoms in total. The molecule has 3 aromatic heterocycles. The van der Waals surface area contributed by atoms with E-state index < -0.39 is 0 Å². The fourth-order valence-corrected chi connectivity index (χ4v) is 3.71. The normalized spacial score (nSPS) is 14.2. The molecule has 0 amide bonds. The summed E-state index contributed by atoms with van der Waals surface area (Å²) in [6.45, 7) is 3.55. The predicted molar refractivity (Wildman–Crippen MR) is 113 cm³/mol. The molecule has 1 aliphatic rings. The first-order valence-electron chi connectivity index (χ1n) is 9.73. The van der Waals surface area contributed by atoms with Crippen molar-refractivity contribution in [2.75, 3.05) is 29.9 Å². The van der Waals surface area contributed by atoms with Crippen LogP contribution in [-0.2, 0) is 7.05 Å². The molecule has 4 aromatic rings. The molecule has 1 aromatic carbocycles. The number of rotatable bonds is 4. The summed E-state index contributed by atoms with van der Waals surface area (Å²) >= 11 is 0. The van der Waals surface area contributed by atoms with Crippen LogP contribution in [0.3, 0.4) is 0 Å². The molecular formula is C21H21FN8. The van der Waals surface area contributed by atoms with Crippen LogP contribution < -0.4 is 9.80 Å².